The number of rotatable bonds is 6. The van der Waals surface area contributed by atoms with Gasteiger partial charge >= 0.3 is 0 Å². The monoisotopic (exact) mass is 175 g/mol. The van der Waals surface area contributed by atoms with Crippen LogP contribution >= 0.6 is 0 Å². The van der Waals surface area contributed by atoms with Crippen LogP contribution in [0.5, 0.6) is 0 Å². The fraction of sp³-hybridized carbons (Fsp3) is 0.308. The third-order valence-electron chi connectivity index (χ3n) is 1.45. The molecule has 1 radical (unpaired) electrons. The highest BCUT2D eigenvalue weighted by Crippen LogP contribution is 1.89. The lowest BCUT2D eigenvalue weighted by molar-refractivity contribution is 0.959. The predicted octanol–water partition coefficient (Wildman–Crippen LogP) is 4.24. The van der Waals surface area contributed by atoms with Gasteiger partial charge in [-0.05, 0) is 19.8 Å². The Morgan fingerprint density at radius 1 is 0.846 bits per heavy atom. The molecule has 0 amide bonds. The smallest absolute Gasteiger partial charge is 0.0347 e. The maximum Gasteiger partial charge on any atom is -0.0347 e. The summed E-state index contributed by atoms with van der Waals surface area (Å²) in [4.78, 5) is 0. The van der Waals surface area contributed by atoms with Crippen molar-refractivity contribution in [2.45, 2.75) is 26.2 Å². The molecule has 0 saturated heterocycles. The fourth-order valence-corrected chi connectivity index (χ4v) is 0.773. The van der Waals surface area contributed by atoms with E-state index in [0.717, 1.165) is 12.8 Å². The van der Waals surface area contributed by atoms with Crippen LogP contribution in [0, 0.1) is 6.92 Å². The fourth-order valence-electron chi connectivity index (χ4n) is 0.773. The molecule has 0 N–H and O–H groups in total. The Labute approximate surface area is 82.4 Å². The van der Waals surface area contributed by atoms with Crippen LogP contribution in [0.3, 0.4) is 0 Å². The Bertz CT molecular complexity index is 192. The summed E-state index contributed by atoms with van der Waals surface area (Å²) in [5.74, 6) is 0. The van der Waals surface area contributed by atoms with Gasteiger partial charge in [0.1, 0.15) is 0 Å². The summed E-state index contributed by atoms with van der Waals surface area (Å²) in [5, 5.41) is 0. The second-order valence-corrected chi connectivity index (χ2v) is 2.70. The van der Waals surface area contributed by atoms with Crippen molar-refractivity contribution in [3.8, 4) is 0 Å². The molecule has 0 spiro atoms. The van der Waals surface area contributed by atoms with Crippen molar-refractivity contribution in [3.05, 3.63) is 55.5 Å². The molecule has 0 aromatic carbocycles. The molecule has 0 aliphatic heterocycles. The molecule has 71 valence electrons. The summed E-state index contributed by atoms with van der Waals surface area (Å²) in [5.41, 5.74) is 0. The third-order valence-corrected chi connectivity index (χ3v) is 1.45. The van der Waals surface area contributed by atoms with Crippen molar-refractivity contribution in [3.63, 3.8) is 0 Å². The van der Waals surface area contributed by atoms with Gasteiger partial charge in [0, 0.05) is 0 Å². The first kappa shape index (κ1) is 12.0. The molecule has 0 aromatic heterocycles. The van der Waals surface area contributed by atoms with E-state index < -0.39 is 0 Å². The van der Waals surface area contributed by atoms with Gasteiger partial charge in [0.2, 0.25) is 0 Å². The molecule has 0 bridgehead atoms. The molecular formula is C13H19. The van der Waals surface area contributed by atoms with Crippen molar-refractivity contribution in [2.24, 2.45) is 0 Å². The maximum atomic E-state index is 3.70. The van der Waals surface area contributed by atoms with Crippen LogP contribution in [0.4, 0.5) is 0 Å². The molecule has 0 heteroatoms. The summed E-state index contributed by atoms with van der Waals surface area (Å²) in [7, 11) is 0. The Balaban J connectivity index is 3.50. The standard InChI is InChI=1S/C13H19/c1-3-5-7-9-11-13-12-10-8-6-4-2/h5,7-13H,1,3-4,6H2,2H3/b7-5+,10-8+,11-9+,13-12+. The first-order valence-electron chi connectivity index (χ1n) is 4.86. The van der Waals surface area contributed by atoms with Crippen molar-refractivity contribution < 1.29 is 0 Å². The molecule has 0 heterocycles. The van der Waals surface area contributed by atoms with Crippen LogP contribution in [0.15, 0.2) is 48.6 Å². The molecule has 0 unspecified atom stereocenters. The van der Waals surface area contributed by atoms with E-state index in [1.165, 1.54) is 6.42 Å². The highest BCUT2D eigenvalue weighted by Gasteiger charge is 1.68. The molecule has 0 aliphatic carbocycles. The quantitative estimate of drug-likeness (QED) is 0.530. The lowest BCUT2D eigenvalue weighted by Crippen LogP contribution is -1.58. The molecule has 0 fully saturated rings. The van der Waals surface area contributed by atoms with Crippen molar-refractivity contribution in [1.82, 2.24) is 0 Å². The average molecular weight is 175 g/mol. The van der Waals surface area contributed by atoms with Crippen LogP contribution in [0.1, 0.15) is 26.2 Å². The lowest BCUT2D eigenvalue weighted by Gasteiger charge is -1.79. The zero-order valence-electron chi connectivity index (χ0n) is 8.45. The van der Waals surface area contributed by atoms with Crippen LogP contribution in [0.2, 0.25) is 0 Å². The highest BCUT2D eigenvalue weighted by molar-refractivity contribution is 5.15. The maximum absolute atomic E-state index is 3.70. The summed E-state index contributed by atoms with van der Waals surface area (Å²) in [6.45, 7) is 5.88. The molecule has 13 heavy (non-hydrogen) atoms. The Morgan fingerprint density at radius 2 is 1.38 bits per heavy atom. The van der Waals surface area contributed by atoms with Crippen molar-refractivity contribution in [2.75, 3.05) is 0 Å². The summed E-state index contributed by atoms with van der Waals surface area (Å²) < 4.78 is 0. The molecule has 0 rings (SSSR count). The SMILES string of the molecule is [CH2]C/C=C/C=C/C=C/C=C/CCC. The van der Waals surface area contributed by atoms with Crippen LogP contribution in [-0.4, -0.2) is 0 Å². The predicted molar refractivity (Wildman–Crippen MR) is 61.4 cm³/mol. The second kappa shape index (κ2) is 11.0. The Hall–Kier alpha value is -1.04. The van der Waals surface area contributed by atoms with E-state index in [2.05, 4.69) is 26.0 Å². The van der Waals surface area contributed by atoms with Gasteiger partial charge in [-0.25, -0.2) is 0 Å². The minimum absolute atomic E-state index is 0.852. The zero-order chi connectivity index (χ0) is 9.78. The molecule has 0 aliphatic rings. The van der Waals surface area contributed by atoms with Crippen molar-refractivity contribution in [1.29, 1.82) is 0 Å². The van der Waals surface area contributed by atoms with Gasteiger partial charge in [0.25, 0.3) is 0 Å². The first-order valence-corrected chi connectivity index (χ1v) is 4.86. The topological polar surface area (TPSA) is 0 Å². The van der Waals surface area contributed by atoms with E-state index in [4.69, 9.17) is 0 Å². The largest absolute Gasteiger partial charge is 0.0845 e. The van der Waals surface area contributed by atoms with Gasteiger partial charge in [0.05, 0.1) is 0 Å². The van der Waals surface area contributed by atoms with E-state index in [1.807, 2.05) is 36.5 Å². The van der Waals surface area contributed by atoms with E-state index >= 15 is 0 Å². The van der Waals surface area contributed by atoms with E-state index in [0.29, 0.717) is 0 Å². The Kier molecular flexibility index (Phi) is 10.1. The molecule has 0 atom stereocenters. The molecule has 0 saturated carbocycles. The first-order chi connectivity index (χ1) is 6.41. The molecule has 0 nitrogen and oxygen atoms in total. The van der Waals surface area contributed by atoms with E-state index in [9.17, 15) is 0 Å². The Morgan fingerprint density at radius 3 is 1.92 bits per heavy atom. The zero-order valence-corrected chi connectivity index (χ0v) is 8.45. The summed E-state index contributed by atoms with van der Waals surface area (Å²) in [6, 6.07) is 0. The normalized spacial score (nSPS) is 13.1. The van der Waals surface area contributed by atoms with E-state index in [1.54, 1.807) is 0 Å². The van der Waals surface area contributed by atoms with Crippen LogP contribution in [0.25, 0.3) is 0 Å². The highest BCUT2D eigenvalue weighted by atomic mass is 13.8. The summed E-state index contributed by atoms with van der Waals surface area (Å²) >= 11 is 0. The number of unbranched alkanes of at least 4 members (excludes halogenated alkanes) is 1. The number of allylic oxidation sites excluding steroid dienone is 8. The van der Waals surface area contributed by atoms with Gasteiger partial charge in [-0.3, -0.25) is 0 Å². The van der Waals surface area contributed by atoms with Gasteiger partial charge in [0.15, 0.2) is 0 Å². The van der Waals surface area contributed by atoms with Crippen LogP contribution < -0.4 is 0 Å². The minimum atomic E-state index is 0.852. The summed E-state index contributed by atoms with van der Waals surface area (Å²) in [6.07, 6.45) is 19.6. The third kappa shape index (κ3) is 11.0. The average Bonchev–Trinajstić information content (AvgIpc) is 2.16. The minimum Gasteiger partial charge on any atom is -0.0845 e. The number of hydrogen-bond donors (Lipinski definition) is 0. The van der Waals surface area contributed by atoms with Crippen LogP contribution in [-0.2, 0) is 0 Å². The van der Waals surface area contributed by atoms with Crippen molar-refractivity contribution >= 4 is 0 Å². The van der Waals surface area contributed by atoms with Gasteiger partial charge in [-0.15, -0.1) is 0 Å². The molecular weight excluding hydrogens is 156 g/mol. The molecule has 0 aromatic rings. The second-order valence-electron chi connectivity index (χ2n) is 2.70. The van der Waals surface area contributed by atoms with Gasteiger partial charge in [-0.1, -0.05) is 62.0 Å². The number of hydrogen-bond acceptors (Lipinski definition) is 0. The van der Waals surface area contributed by atoms with Gasteiger partial charge in [-0.2, -0.15) is 0 Å². The van der Waals surface area contributed by atoms with Gasteiger partial charge < -0.3 is 0 Å². The van der Waals surface area contributed by atoms with E-state index in [-0.39, 0.29) is 0 Å². The lowest BCUT2D eigenvalue weighted by atomic mass is 10.3.